The molecule has 0 saturated heterocycles. The van der Waals surface area contributed by atoms with Gasteiger partial charge in [0.2, 0.25) is 0 Å². The summed E-state index contributed by atoms with van der Waals surface area (Å²) >= 11 is 1.90. The monoisotopic (exact) mass is 217 g/mol. The van der Waals surface area contributed by atoms with Crippen LogP contribution in [0.15, 0.2) is 24.3 Å². The Bertz CT molecular complexity index is 486. The Morgan fingerprint density at radius 2 is 2.07 bits per heavy atom. The van der Waals surface area contributed by atoms with Crippen molar-refractivity contribution in [2.75, 3.05) is 0 Å². The molecule has 0 aliphatic heterocycles. The molecule has 1 atom stereocenters. The lowest BCUT2D eigenvalue weighted by atomic mass is 10.1. The number of benzene rings is 1. The van der Waals surface area contributed by atoms with Crippen molar-refractivity contribution in [3.63, 3.8) is 0 Å². The molecule has 0 unspecified atom stereocenters. The fourth-order valence-corrected chi connectivity index (χ4v) is 3.76. The van der Waals surface area contributed by atoms with E-state index in [2.05, 4.69) is 24.3 Å². The van der Waals surface area contributed by atoms with Crippen molar-refractivity contribution in [2.45, 2.75) is 31.7 Å². The molecule has 3 rings (SSSR count). The number of thiophene rings is 1. The van der Waals surface area contributed by atoms with Crippen molar-refractivity contribution in [3.8, 4) is 0 Å². The summed E-state index contributed by atoms with van der Waals surface area (Å²) in [6.07, 6.45) is 4.94. The van der Waals surface area contributed by atoms with Gasteiger partial charge in [0.1, 0.15) is 0 Å². The van der Waals surface area contributed by atoms with Crippen LogP contribution in [0.25, 0.3) is 10.1 Å². The predicted octanol–water partition coefficient (Wildman–Crippen LogP) is 3.63. The summed E-state index contributed by atoms with van der Waals surface area (Å²) in [4.78, 5) is 1.44. The fraction of sp³-hybridized carbons (Fsp3) is 0.385. The molecule has 15 heavy (non-hydrogen) atoms. The smallest absolute Gasteiger partial charge is 0.0392 e. The highest BCUT2D eigenvalue weighted by molar-refractivity contribution is 7.19. The summed E-state index contributed by atoms with van der Waals surface area (Å²) in [6.45, 7) is 0. The molecule has 0 radical (unpaired) electrons. The van der Waals surface area contributed by atoms with Crippen LogP contribution in [-0.4, -0.2) is 0 Å². The zero-order valence-corrected chi connectivity index (χ0v) is 9.52. The van der Waals surface area contributed by atoms with Gasteiger partial charge in [0.25, 0.3) is 0 Å². The molecule has 1 heterocycles. The molecule has 1 aliphatic rings. The van der Waals surface area contributed by atoms with E-state index < -0.39 is 0 Å². The Kier molecular flexibility index (Phi) is 2.26. The Labute approximate surface area is 93.9 Å². The minimum atomic E-state index is 0.278. The van der Waals surface area contributed by atoms with E-state index in [1.807, 2.05) is 11.3 Å². The summed E-state index contributed by atoms with van der Waals surface area (Å²) in [5.41, 5.74) is 7.75. The lowest BCUT2D eigenvalue weighted by Crippen LogP contribution is -2.07. The van der Waals surface area contributed by atoms with E-state index >= 15 is 0 Å². The minimum absolute atomic E-state index is 0.278. The second kappa shape index (κ2) is 3.62. The Morgan fingerprint density at radius 1 is 1.20 bits per heavy atom. The van der Waals surface area contributed by atoms with Crippen LogP contribution in [0.5, 0.6) is 0 Å². The highest BCUT2D eigenvalue weighted by Crippen LogP contribution is 2.38. The van der Waals surface area contributed by atoms with E-state index in [1.54, 1.807) is 0 Å². The van der Waals surface area contributed by atoms with Crippen LogP contribution in [0.3, 0.4) is 0 Å². The molecule has 0 fully saturated rings. The van der Waals surface area contributed by atoms with Gasteiger partial charge in [-0.3, -0.25) is 0 Å². The van der Waals surface area contributed by atoms with E-state index in [1.165, 1.54) is 39.8 Å². The van der Waals surface area contributed by atoms with Crippen molar-refractivity contribution < 1.29 is 0 Å². The van der Waals surface area contributed by atoms with E-state index in [-0.39, 0.29) is 6.04 Å². The minimum Gasteiger partial charge on any atom is -0.323 e. The first-order valence-corrected chi connectivity index (χ1v) is 6.44. The maximum atomic E-state index is 6.22. The number of aryl methyl sites for hydroxylation is 1. The first-order chi connectivity index (χ1) is 7.36. The summed E-state index contributed by atoms with van der Waals surface area (Å²) in [7, 11) is 0. The van der Waals surface area contributed by atoms with Gasteiger partial charge in [0.05, 0.1) is 0 Å². The van der Waals surface area contributed by atoms with Crippen LogP contribution < -0.4 is 5.73 Å². The van der Waals surface area contributed by atoms with Gasteiger partial charge in [-0.2, -0.15) is 0 Å². The maximum Gasteiger partial charge on any atom is 0.0392 e. The first-order valence-electron chi connectivity index (χ1n) is 5.62. The van der Waals surface area contributed by atoms with E-state index in [0.717, 1.165) is 6.42 Å². The van der Waals surface area contributed by atoms with Crippen LogP contribution in [0.4, 0.5) is 0 Å². The van der Waals surface area contributed by atoms with Crippen LogP contribution in [0.1, 0.15) is 35.7 Å². The second-order valence-corrected chi connectivity index (χ2v) is 5.38. The number of nitrogens with two attached hydrogens (primary N) is 1. The lowest BCUT2D eigenvalue weighted by molar-refractivity contribution is 0.620. The molecule has 0 amide bonds. The largest absolute Gasteiger partial charge is 0.323 e. The molecule has 0 bridgehead atoms. The number of hydrogen-bond donors (Lipinski definition) is 1. The molecule has 0 saturated carbocycles. The maximum absolute atomic E-state index is 6.22. The highest BCUT2D eigenvalue weighted by Gasteiger charge is 2.19. The normalized spacial score (nSPS) is 21.3. The van der Waals surface area contributed by atoms with Crippen molar-refractivity contribution in [1.82, 2.24) is 0 Å². The predicted molar refractivity (Wildman–Crippen MR) is 66.3 cm³/mol. The molecule has 1 nitrogen and oxygen atoms in total. The Morgan fingerprint density at radius 3 is 3.00 bits per heavy atom. The third-order valence-electron chi connectivity index (χ3n) is 3.26. The van der Waals surface area contributed by atoms with Gasteiger partial charge in [0, 0.05) is 15.6 Å². The van der Waals surface area contributed by atoms with Gasteiger partial charge in [-0.15, -0.1) is 11.3 Å². The molecular formula is C13H15NS. The van der Waals surface area contributed by atoms with E-state index in [9.17, 15) is 0 Å². The first kappa shape index (κ1) is 9.37. The standard InChI is InChI=1S/C13H15NS/c14-11-7-3-1-6-10-9-5-2-4-8-12(9)15-13(10)11/h2,4-5,8,11H,1,3,6-7,14H2/t11-/m0/s1. The second-order valence-electron chi connectivity index (χ2n) is 4.29. The molecule has 1 aliphatic carbocycles. The molecule has 78 valence electrons. The van der Waals surface area contributed by atoms with Crippen molar-refractivity contribution in [2.24, 2.45) is 5.73 Å². The zero-order valence-electron chi connectivity index (χ0n) is 8.70. The molecule has 2 N–H and O–H groups in total. The molecule has 1 aromatic carbocycles. The summed E-state index contributed by atoms with van der Waals surface area (Å²) in [5.74, 6) is 0. The van der Waals surface area contributed by atoms with Crippen molar-refractivity contribution in [1.29, 1.82) is 0 Å². The van der Waals surface area contributed by atoms with Gasteiger partial charge in [-0.25, -0.2) is 0 Å². The Hall–Kier alpha value is -0.860. The SMILES string of the molecule is N[C@H]1CCCCc2c1sc1ccccc21. The summed E-state index contributed by atoms with van der Waals surface area (Å²) in [6, 6.07) is 8.97. The van der Waals surface area contributed by atoms with Gasteiger partial charge in [-0.1, -0.05) is 24.6 Å². The lowest BCUT2D eigenvalue weighted by Gasteiger charge is -2.06. The Balaban J connectivity index is 2.26. The zero-order chi connectivity index (χ0) is 10.3. The number of rotatable bonds is 0. The average Bonchev–Trinajstić information content (AvgIpc) is 2.54. The van der Waals surface area contributed by atoms with Crippen molar-refractivity contribution in [3.05, 3.63) is 34.7 Å². The van der Waals surface area contributed by atoms with Crippen molar-refractivity contribution >= 4 is 21.4 Å². The molecule has 1 aromatic heterocycles. The quantitative estimate of drug-likeness (QED) is 0.670. The van der Waals surface area contributed by atoms with Gasteiger partial charge >= 0.3 is 0 Å². The molecule has 2 aromatic rings. The third kappa shape index (κ3) is 1.48. The number of hydrogen-bond acceptors (Lipinski definition) is 2. The van der Waals surface area contributed by atoms with Crippen LogP contribution in [-0.2, 0) is 6.42 Å². The van der Waals surface area contributed by atoms with Crippen LogP contribution in [0, 0.1) is 0 Å². The molecule has 2 heteroatoms. The fourth-order valence-electron chi connectivity index (χ4n) is 2.47. The van der Waals surface area contributed by atoms with Crippen LogP contribution >= 0.6 is 11.3 Å². The highest BCUT2D eigenvalue weighted by atomic mass is 32.1. The summed E-state index contributed by atoms with van der Waals surface area (Å²) in [5, 5.41) is 1.44. The van der Waals surface area contributed by atoms with Gasteiger partial charge < -0.3 is 5.73 Å². The van der Waals surface area contributed by atoms with E-state index in [0.29, 0.717) is 0 Å². The molecular weight excluding hydrogens is 202 g/mol. The summed E-state index contributed by atoms with van der Waals surface area (Å²) < 4.78 is 1.40. The topological polar surface area (TPSA) is 26.0 Å². The molecule has 0 spiro atoms. The van der Waals surface area contributed by atoms with E-state index in [4.69, 9.17) is 5.73 Å². The van der Waals surface area contributed by atoms with Gasteiger partial charge in [-0.05, 0) is 36.3 Å². The average molecular weight is 217 g/mol. The van der Waals surface area contributed by atoms with Gasteiger partial charge in [0.15, 0.2) is 0 Å². The van der Waals surface area contributed by atoms with Crippen LogP contribution in [0.2, 0.25) is 0 Å². The number of fused-ring (bicyclic) bond motifs is 3. The third-order valence-corrected chi connectivity index (χ3v) is 4.60.